The monoisotopic (exact) mass is 313 g/mol. The second-order valence-corrected chi connectivity index (χ2v) is 6.32. The van der Waals surface area contributed by atoms with Crippen LogP contribution in [0.1, 0.15) is 30.4 Å². The molecule has 0 radical (unpaired) electrons. The smallest absolute Gasteiger partial charge is 0.154 e. The Bertz CT molecular complexity index is 443. The molecule has 1 aromatic rings. The first-order valence-corrected chi connectivity index (χ1v) is 8.96. The van der Waals surface area contributed by atoms with Gasteiger partial charge in [0.15, 0.2) is 5.82 Å². The van der Waals surface area contributed by atoms with Gasteiger partial charge in [0.05, 0.1) is 32.1 Å². The van der Waals surface area contributed by atoms with Crippen LogP contribution in [0.25, 0.3) is 0 Å². The molecule has 0 saturated carbocycles. The van der Waals surface area contributed by atoms with Crippen LogP contribution in [-0.2, 0) is 26.5 Å². The molecule has 118 valence electrons. The Labute approximate surface area is 129 Å². The van der Waals surface area contributed by atoms with Crippen molar-refractivity contribution >= 4 is 11.8 Å². The van der Waals surface area contributed by atoms with Gasteiger partial charge in [-0.2, -0.15) is 16.9 Å². The van der Waals surface area contributed by atoms with Crippen LogP contribution in [0.15, 0.2) is 0 Å². The SMILES string of the molecule is CSCc1nc(C2CCOCC2)nn1CC1COCCO1. The molecule has 0 spiro atoms. The molecule has 0 bridgehead atoms. The molecule has 6 nitrogen and oxygen atoms in total. The zero-order valence-electron chi connectivity index (χ0n) is 12.5. The number of hydrogen-bond acceptors (Lipinski definition) is 6. The third-order valence-corrected chi connectivity index (χ3v) is 4.43. The van der Waals surface area contributed by atoms with E-state index in [0.29, 0.717) is 25.7 Å². The molecule has 2 aliphatic rings. The number of hydrogen-bond donors (Lipinski definition) is 0. The fourth-order valence-corrected chi connectivity index (χ4v) is 3.21. The number of ether oxygens (including phenoxy) is 3. The molecule has 0 amide bonds. The fraction of sp³-hybridized carbons (Fsp3) is 0.857. The standard InChI is InChI=1S/C14H23N3O3S/c1-21-10-13-15-14(11-2-4-18-5-3-11)16-17(13)8-12-9-19-6-7-20-12/h11-12H,2-10H2,1H3. The van der Waals surface area contributed by atoms with Gasteiger partial charge in [-0.25, -0.2) is 9.67 Å². The molecule has 0 aliphatic carbocycles. The zero-order chi connectivity index (χ0) is 14.5. The Hall–Kier alpha value is -0.630. The van der Waals surface area contributed by atoms with Crippen molar-refractivity contribution in [1.82, 2.24) is 14.8 Å². The minimum Gasteiger partial charge on any atom is -0.381 e. The second kappa shape index (κ2) is 7.58. The molecule has 2 fully saturated rings. The quantitative estimate of drug-likeness (QED) is 0.820. The van der Waals surface area contributed by atoms with E-state index in [2.05, 4.69) is 6.26 Å². The average Bonchev–Trinajstić information content (AvgIpc) is 2.93. The van der Waals surface area contributed by atoms with Crippen LogP contribution >= 0.6 is 11.8 Å². The van der Waals surface area contributed by atoms with Crippen LogP contribution < -0.4 is 0 Å². The summed E-state index contributed by atoms with van der Waals surface area (Å²) < 4.78 is 18.6. The topological polar surface area (TPSA) is 58.4 Å². The van der Waals surface area contributed by atoms with Gasteiger partial charge in [-0.1, -0.05) is 0 Å². The summed E-state index contributed by atoms with van der Waals surface area (Å²) in [5.74, 6) is 3.32. The van der Waals surface area contributed by atoms with Crippen molar-refractivity contribution < 1.29 is 14.2 Å². The van der Waals surface area contributed by atoms with Crippen molar-refractivity contribution in [3.05, 3.63) is 11.6 Å². The lowest BCUT2D eigenvalue weighted by molar-refractivity contribution is -0.0948. The predicted molar refractivity (Wildman–Crippen MR) is 80.6 cm³/mol. The van der Waals surface area contributed by atoms with Crippen LogP contribution in [0, 0.1) is 0 Å². The number of thioether (sulfide) groups is 1. The molecule has 2 aliphatic heterocycles. The molecule has 1 aromatic heterocycles. The van der Waals surface area contributed by atoms with Crippen LogP contribution in [0.2, 0.25) is 0 Å². The zero-order valence-corrected chi connectivity index (χ0v) is 13.3. The van der Waals surface area contributed by atoms with E-state index in [1.807, 2.05) is 4.68 Å². The van der Waals surface area contributed by atoms with Gasteiger partial charge in [-0.05, 0) is 19.1 Å². The predicted octanol–water partition coefficient (Wildman–Crippen LogP) is 1.45. The van der Waals surface area contributed by atoms with Gasteiger partial charge in [-0.3, -0.25) is 0 Å². The Balaban J connectivity index is 1.71. The fourth-order valence-electron chi connectivity index (χ4n) is 2.74. The number of rotatable bonds is 5. The summed E-state index contributed by atoms with van der Waals surface area (Å²) in [6.45, 7) is 4.37. The summed E-state index contributed by atoms with van der Waals surface area (Å²) >= 11 is 1.77. The molecule has 3 heterocycles. The van der Waals surface area contributed by atoms with Crippen molar-refractivity contribution in [3.63, 3.8) is 0 Å². The molecule has 21 heavy (non-hydrogen) atoms. The van der Waals surface area contributed by atoms with E-state index < -0.39 is 0 Å². The Morgan fingerprint density at radius 2 is 2.05 bits per heavy atom. The lowest BCUT2D eigenvalue weighted by Crippen LogP contribution is -2.33. The molecule has 3 rings (SSSR count). The van der Waals surface area contributed by atoms with Gasteiger partial charge in [0.2, 0.25) is 0 Å². The van der Waals surface area contributed by atoms with Crippen molar-refractivity contribution in [2.24, 2.45) is 0 Å². The van der Waals surface area contributed by atoms with Gasteiger partial charge in [-0.15, -0.1) is 0 Å². The maximum absolute atomic E-state index is 5.73. The summed E-state index contributed by atoms with van der Waals surface area (Å²) in [7, 11) is 0. The summed E-state index contributed by atoms with van der Waals surface area (Å²) in [6.07, 6.45) is 4.22. The second-order valence-electron chi connectivity index (χ2n) is 5.46. The van der Waals surface area contributed by atoms with E-state index in [-0.39, 0.29) is 6.10 Å². The highest BCUT2D eigenvalue weighted by atomic mass is 32.2. The van der Waals surface area contributed by atoms with E-state index in [9.17, 15) is 0 Å². The normalized spacial score (nSPS) is 24.3. The van der Waals surface area contributed by atoms with Crippen molar-refractivity contribution in [3.8, 4) is 0 Å². The van der Waals surface area contributed by atoms with Gasteiger partial charge in [0, 0.05) is 19.1 Å². The Kier molecular flexibility index (Phi) is 5.51. The third kappa shape index (κ3) is 3.97. The van der Waals surface area contributed by atoms with E-state index in [1.54, 1.807) is 11.8 Å². The van der Waals surface area contributed by atoms with E-state index in [1.165, 1.54) is 0 Å². The molecule has 1 atom stereocenters. The first-order chi connectivity index (χ1) is 10.4. The van der Waals surface area contributed by atoms with E-state index in [4.69, 9.17) is 24.3 Å². The largest absolute Gasteiger partial charge is 0.381 e. The summed E-state index contributed by atoms with van der Waals surface area (Å²) in [5, 5.41) is 4.75. The maximum atomic E-state index is 5.73. The third-order valence-electron chi connectivity index (χ3n) is 3.89. The van der Waals surface area contributed by atoms with E-state index >= 15 is 0 Å². The van der Waals surface area contributed by atoms with Crippen molar-refractivity contribution in [1.29, 1.82) is 0 Å². The molecule has 7 heteroatoms. The minimum atomic E-state index is 0.0867. The minimum absolute atomic E-state index is 0.0867. The molecule has 0 N–H and O–H groups in total. The van der Waals surface area contributed by atoms with Crippen LogP contribution in [0.5, 0.6) is 0 Å². The van der Waals surface area contributed by atoms with Crippen molar-refractivity contribution in [2.75, 3.05) is 39.3 Å². The Morgan fingerprint density at radius 3 is 2.76 bits per heavy atom. The van der Waals surface area contributed by atoms with Crippen LogP contribution in [0.4, 0.5) is 0 Å². The number of aromatic nitrogens is 3. The Morgan fingerprint density at radius 1 is 1.19 bits per heavy atom. The highest BCUT2D eigenvalue weighted by Crippen LogP contribution is 2.25. The number of nitrogens with zero attached hydrogens (tertiary/aromatic N) is 3. The lowest BCUT2D eigenvalue weighted by atomic mass is 10.00. The molecule has 1 unspecified atom stereocenters. The molecule has 0 aromatic carbocycles. The average molecular weight is 313 g/mol. The highest BCUT2D eigenvalue weighted by Gasteiger charge is 2.23. The maximum Gasteiger partial charge on any atom is 0.154 e. The summed E-state index contributed by atoms with van der Waals surface area (Å²) in [4.78, 5) is 4.77. The van der Waals surface area contributed by atoms with Crippen LogP contribution in [0.3, 0.4) is 0 Å². The van der Waals surface area contributed by atoms with Crippen LogP contribution in [-0.4, -0.2) is 60.2 Å². The molecule has 2 saturated heterocycles. The lowest BCUT2D eigenvalue weighted by Gasteiger charge is -2.23. The van der Waals surface area contributed by atoms with Gasteiger partial charge in [0.1, 0.15) is 11.9 Å². The van der Waals surface area contributed by atoms with Gasteiger partial charge >= 0.3 is 0 Å². The highest BCUT2D eigenvalue weighted by molar-refractivity contribution is 7.97. The van der Waals surface area contributed by atoms with E-state index in [0.717, 1.165) is 50.0 Å². The van der Waals surface area contributed by atoms with Gasteiger partial charge in [0.25, 0.3) is 0 Å². The summed E-state index contributed by atoms with van der Waals surface area (Å²) in [6, 6.07) is 0. The molecular formula is C14H23N3O3S. The summed E-state index contributed by atoms with van der Waals surface area (Å²) in [5.41, 5.74) is 0. The first-order valence-electron chi connectivity index (χ1n) is 7.56. The van der Waals surface area contributed by atoms with Crippen molar-refractivity contribution in [2.45, 2.75) is 37.2 Å². The molecular weight excluding hydrogens is 290 g/mol. The van der Waals surface area contributed by atoms with Gasteiger partial charge < -0.3 is 14.2 Å². The first kappa shape index (κ1) is 15.3.